The summed E-state index contributed by atoms with van der Waals surface area (Å²) in [6.45, 7) is 1.13. The SMILES string of the molecule is O=C(NCCCc1ccc(O)cc1)C1CCCN(S(=O)(=O)c2ccc(Cl)cc2)C1. The van der Waals surface area contributed by atoms with E-state index in [0.717, 1.165) is 18.4 Å². The van der Waals surface area contributed by atoms with Crippen molar-refractivity contribution >= 4 is 27.5 Å². The standard InChI is InChI=1S/C21H25ClN2O4S/c22-18-7-11-20(12-8-18)29(27,28)24-14-2-4-17(15-24)21(26)23-13-1-3-16-5-9-19(25)10-6-16/h5-12,17,25H,1-4,13-15H2,(H,23,26). The van der Waals surface area contributed by atoms with E-state index in [4.69, 9.17) is 11.6 Å². The zero-order valence-electron chi connectivity index (χ0n) is 16.1. The minimum absolute atomic E-state index is 0.105. The van der Waals surface area contributed by atoms with Gasteiger partial charge in [0, 0.05) is 24.7 Å². The average molecular weight is 437 g/mol. The third-order valence-corrected chi connectivity index (χ3v) is 7.22. The van der Waals surface area contributed by atoms with Crippen molar-refractivity contribution < 1.29 is 18.3 Å². The van der Waals surface area contributed by atoms with Gasteiger partial charge >= 0.3 is 0 Å². The Bertz CT molecular complexity index is 930. The summed E-state index contributed by atoms with van der Waals surface area (Å²) in [7, 11) is -3.64. The molecule has 156 valence electrons. The predicted molar refractivity (Wildman–Crippen MR) is 112 cm³/mol. The van der Waals surface area contributed by atoms with E-state index in [1.54, 1.807) is 24.3 Å². The van der Waals surface area contributed by atoms with Gasteiger partial charge in [-0.05, 0) is 67.6 Å². The molecule has 0 aliphatic carbocycles. The normalized spacial score (nSPS) is 17.8. The number of aromatic hydroxyl groups is 1. The highest BCUT2D eigenvalue weighted by molar-refractivity contribution is 7.89. The van der Waals surface area contributed by atoms with Crippen molar-refractivity contribution in [3.63, 3.8) is 0 Å². The first-order valence-corrected chi connectivity index (χ1v) is 11.5. The number of phenolic OH excluding ortho intramolecular Hbond substituents is 1. The summed E-state index contributed by atoms with van der Waals surface area (Å²) in [5.41, 5.74) is 1.09. The number of rotatable bonds is 7. The molecule has 1 amide bonds. The summed E-state index contributed by atoms with van der Waals surface area (Å²) in [5, 5.41) is 12.7. The molecule has 0 bridgehead atoms. The average Bonchev–Trinajstić information content (AvgIpc) is 2.73. The number of nitrogens with zero attached hydrogens (tertiary/aromatic N) is 1. The fourth-order valence-electron chi connectivity index (χ4n) is 3.44. The molecule has 1 saturated heterocycles. The largest absolute Gasteiger partial charge is 0.508 e. The minimum atomic E-state index is -3.64. The topological polar surface area (TPSA) is 86.7 Å². The van der Waals surface area contributed by atoms with Crippen LogP contribution in [-0.2, 0) is 21.2 Å². The van der Waals surface area contributed by atoms with Crippen molar-refractivity contribution in [3.05, 3.63) is 59.1 Å². The molecule has 0 aromatic heterocycles. The molecule has 1 fully saturated rings. The van der Waals surface area contributed by atoms with Crippen molar-refractivity contribution in [1.29, 1.82) is 0 Å². The number of piperidine rings is 1. The molecule has 1 aliphatic rings. The molecule has 1 aliphatic heterocycles. The Hall–Kier alpha value is -2.09. The Labute approximate surface area is 176 Å². The van der Waals surface area contributed by atoms with Crippen molar-refractivity contribution in [2.75, 3.05) is 19.6 Å². The van der Waals surface area contributed by atoms with Crippen LogP contribution >= 0.6 is 11.6 Å². The van der Waals surface area contributed by atoms with Gasteiger partial charge in [-0.3, -0.25) is 4.79 Å². The molecule has 0 spiro atoms. The van der Waals surface area contributed by atoms with Crippen molar-refractivity contribution in [2.45, 2.75) is 30.6 Å². The van der Waals surface area contributed by atoms with Gasteiger partial charge in [-0.1, -0.05) is 23.7 Å². The number of carbonyl (C=O) groups excluding carboxylic acids is 1. The lowest BCUT2D eigenvalue weighted by Crippen LogP contribution is -2.45. The van der Waals surface area contributed by atoms with Gasteiger partial charge in [-0.15, -0.1) is 0 Å². The molecule has 29 heavy (non-hydrogen) atoms. The van der Waals surface area contributed by atoms with Crippen molar-refractivity contribution in [3.8, 4) is 5.75 Å². The lowest BCUT2D eigenvalue weighted by atomic mass is 9.99. The third kappa shape index (κ3) is 5.72. The Balaban J connectivity index is 1.51. The van der Waals surface area contributed by atoms with E-state index in [1.165, 1.54) is 16.4 Å². The number of phenols is 1. The first-order chi connectivity index (χ1) is 13.9. The Morgan fingerprint density at radius 2 is 1.83 bits per heavy atom. The van der Waals surface area contributed by atoms with Crippen LogP contribution in [0.15, 0.2) is 53.4 Å². The number of benzene rings is 2. The number of carbonyl (C=O) groups is 1. The molecule has 3 rings (SSSR count). The fraction of sp³-hybridized carbons (Fsp3) is 0.381. The molecule has 8 heteroatoms. The van der Waals surface area contributed by atoms with Crippen molar-refractivity contribution in [2.24, 2.45) is 5.92 Å². The molecule has 2 aromatic carbocycles. The van der Waals surface area contributed by atoms with Gasteiger partial charge in [0.1, 0.15) is 5.75 Å². The number of hydrogen-bond donors (Lipinski definition) is 2. The summed E-state index contributed by atoms with van der Waals surface area (Å²) in [6, 6.07) is 13.1. The third-order valence-electron chi connectivity index (χ3n) is 5.08. The van der Waals surface area contributed by atoms with Gasteiger partial charge in [0.05, 0.1) is 10.8 Å². The summed E-state index contributed by atoms with van der Waals surface area (Å²) in [5.74, 6) is -0.219. The van der Waals surface area contributed by atoms with Crippen LogP contribution < -0.4 is 5.32 Å². The molecule has 2 N–H and O–H groups in total. The van der Waals surface area contributed by atoms with Crippen LogP contribution in [0.5, 0.6) is 5.75 Å². The van der Waals surface area contributed by atoms with Gasteiger partial charge in [0.15, 0.2) is 0 Å². The van der Waals surface area contributed by atoms with E-state index in [-0.39, 0.29) is 29.0 Å². The molecule has 1 heterocycles. The van der Waals surface area contributed by atoms with Gasteiger partial charge < -0.3 is 10.4 Å². The number of sulfonamides is 1. The van der Waals surface area contributed by atoms with Crippen LogP contribution in [0.1, 0.15) is 24.8 Å². The lowest BCUT2D eigenvalue weighted by molar-refractivity contribution is -0.126. The number of nitrogens with one attached hydrogen (secondary N) is 1. The molecular weight excluding hydrogens is 412 g/mol. The van der Waals surface area contributed by atoms with Gasteiger partial charge in [-0.25, -0.2) is 8.42 Å². The molecular formula is C21H25ClN2O4S. The van der Waals surface area contributed by atoms with Gasteiger partial charge in [0.2, 0.25) is 15.9 Å². The van der Waals surface area contributed by atoms with Crippen LogP contribution in [0.2, 0.25) is 5.02 Å². The summed E-state index contributed by atoms with van der Waals surface area (Å²) >= 11 is 5.85. The number of halogens is 1. The first-order valence-electron chi connectivity index (χ1n) is 9.67. The lowest BCUT2D eigenvalue weighted by Gasteiger charge is -2.31. The van der Waals surface area contributed by atoms with E-state index >= 15 is 0 Å². The molecule has 0 saturated carbocycles. The summed E-state index contributed by atoms with van der Waals surface area (Å²) < 4.78 is 27.1. The maximum absolute atomic E-state index is 12.8. The zero-order valence-corrected chi connectivity index (χ0v) is 17.6. The fourth-order valence-corrected chi connectivity index (χ4v) is 5.09. The number of aryl methyl sites for hydroxylation is 1. The van der Waals surface area contributed by atoms with E-state index in [0.29, 0.717) is 31.0 Å². The van der Waals surface area contributed by atoms with Crippen LogP contribution in [0.3, 0.4) is 0 Å². The van der Waals surface area contributed by atoms with E-state index in [9.17, 15) is 18.3 Å². The highest BCUT2D eigenvalue weighted by Crippen LogP contribution is 2.25. The monoisotopic (exact) mass is 436 g/mol. The Morgan fingerprint density at radius 3 is 2.52 bits per heavy atom. The predicted octanol–water partition coefficient (Wildman–Crippen LogP) is 3.20. The van der Waals surface area contributed by atoms with Gasteiger partial charge in [-0.2, -0.15) is 4.31 Å². The Kier molecular flexibility index (Phi) is 7.16. The number of amides is 1. The molecule has 1 atom stereocenters. The highest BCUT2D eigenvalue weighted by atomic mass is 35.5. The van der Waals surface area contributed by atoms with Crippen LogP contribution in [-0.4, -0.2) is 43.4 Å². The second-order valence-corrected chi connectivity index (χ2v) is 9.59. The van der Waals surface area contributed by atoms with E-state index in [2.05, 4.69) is 5.32 Å². The van der Waals surface area contributed by atoms with Crippen molar-refractivity contribution in [1.82, 2.24) is 9.62 Å². The maximum Gasteiger partial charge on any atom is 0.243 e. The van der Waals surface area contributed by atoms with E-state index in [1.807, 2.05) is 12.1 Å². The van der Waals surface area contributed by atoms with Gasteiger partial charge in [0.25, 0.3) is 0 Å². The highest BCUT2D eigenvalue weighted by Gasteiger charge is 2.33. The molecule has 2 aromatic rings. The minimum Gasteiger partial charge on any atom is -0.508 e. The molecule has 6 nitrogen and oxygen atoms in total. The zero-order chi connectivity index (χ0) is 20.9. The Morgan fingerprint density at radius 1 is 1.14 bits per heavy atom. The quantitative estimate of drug-likeness (QED) is 0.652. The number of hydrogen-bond acceptors (Lipinski definition) is 4. The molecule has 1 unspecified atom stereocenters. The first kappa shape index (κ1) is 21.6. The second-order valence-electron chi connectivity index (χ2n) is 7.22. The van der Waals surface area contributed by atoms with Crippen LogP contribution in [0.25, 0.3) is 0 Å². The maximum atomic E-state index is 12.8. The smallest absolute Gasteiger partial charge is 0.243 e. The summed E-state index contributed by atoms with van der Waals surface area (Å²) in [6.07, 6.45) is 2.90. The molecule has 0 radical (unpaired) electrons. The summed E-state index contributed by atoms with van der Waals surface area (Å²) in [4.78, 5) is 12.7. The van der Waals surface area contributed by atoms with Crippen LogP contribution in [0, 0.1) is 5.92 Å². The van der Waals surface area contributed by atoms with Crippen LogP contribution in [0.4, 0.5) is 0 Å². The van der Waals surface area contributed by atoms with E-state index < -0.39 is 10.0 Å². The second kappa shape index (κ2) is 9.61.